The molecular weight excluding hydrogens is 289 g/mol. The van der Waals surface area contributed by atoms with Gasteiger partial charge in [-0.1, -0.05) is 41.5 Å². The van der Waals surface area contributed by atoms with Crippen molar-refractivity contribution in [2.45, 2.75) is 0 Å². The van der Waals surface area contributed by atoms with Crippen molar-refractivity contribution in [1.82, 2.24) is 4.98 Å². The minimum atomic E-state index is 0.310. The Morgan fingerprint density at radius 2 is 1.83 bits per heavy atom. The van der Waals surface area contributed by atoms with E-state index in [-0.39, 0.29) is 0 Å². The van der Waals surface area contributed by atoms with E-state index in [1.807, 2.05) is 0 Å². The van der Waals surface area contributed by atoms with Gasteiger partial charge in [-0.25, -0.2) is 4.98 Å². The van der Waals surface area contributed by atoms with E-state index < -0.39 is 0 Å². The Balaban J connectivity index is 2.26. The maximum absolute atomic E-state index is 6.05. The number of aromatic nitrogens is 1. The van der Waals surface area contributed by atoms with Crippen LogP contribution in [0.3, 0.4) is 0 Å². The first kappa shape index (κ1) is 13.1. The van der Waals surface area contributed by atoms with E-state index >= 15 is 0 Å². The van der Waals surface area contributed by atoms with E-state index in [9.17, 15) is 0 Å². The molecule has 1 aromatic heterocycles. The Morgan fingerprint density at radius 1 is 1.17 bits per heavy atom. The predicted molar refractivity (Wildman–Crippen MR) is 79.9 cm³/mol. The predicted octanol–water partition coefficient (Wildman–Crippen LogP) is 3.77. The second-order valence-electron chi connectivity index (χ2n) is 3.52. The third-order valence-electron chi connectivity index (χ3n) is 2.26. The summed E-state index contributed by atoms with van der Waals surface area (Å²) in [5.74, 6) is 0.616. The van der Waals surface area contributed by atoms with E-state index in [0.717, 1.165) is 0 Å². The lowest BCUT2D eigenvalue weighted by atomic mass is 10.2. The van der Waals surface area contributed by atoms with Crippen LogP contribution in [-0.4, -0.2) is 9.97 Å². The number of benzene rings is 1. The molecule has 0 amide bonds. The fourth-order valence-electron chi connectivity index (χ4n) is 1.36. The van der Waals surface area contributed by atoms with Crippen LogP contribution in [0, 0.1) is 0 Å². The molecule has 6 heteroatoms. The molecule has 0 unspecified atom stereocenters. The number of nitrogens with two attached hydrogens (primary N) is 1. The number of nitrogens with zero attached hydrogens (tertiary/aromatic N) is 1. The summed E-state index contributed by atoms with van der Waals surface area (Å²) in [6, 6.07) is 8.81. The summed E-state index contributed by atoms with van der Waals surface area (Å²) in [5.41, 5.74) is 6.82. The summed E-state index contributed by atoms with van der Waals surface area (Å²) in [7, 11) is 0. The van der Waals surface area contributed by atoms with Crippen LogP contribution in [0.2, 0.25) is 10.0 Å². The van der Waals surface area contributed by atoms with Crippen molar-refractivity contribution in [1.29, 1.82) is 0 Å². The highest BCUT2D eigenvalue weighted by atomic mass is 35.5. The maximum Gasteiger partial charge on any atom is 0.130 e. The average molecular weight is 298 g/mol. The quantitative estimate of drug-likeness (QED) is 0.847. The molecule has 1 aromatic carbocycles. The summed E-state index contributed by atoms with van der Waals surface area (Å²) < 4.78 is 0. The monoisotopic (exact) mass is 297 g/mol. The van der Waals surface area contributed by atoms with Gasteiger partial charge in [0, 0.05) is 11.8 Å². The first-order valence-corrected chi connectivity index (χ1v) is 6.21. The van der Waals surface area contributed by atoms with E-state index in [0.29, 0.717) is 32.1 Å². The summed E-state index contributed by atoms with van der Waals surface area (Å²) in [6.45, 7) is 0. The number of halogens is 2. The van der Waals surface area contributed by atoms with Crippen molar-refractivity contribution in [2.24, 2.45) is 5.73 Å². The molecule has 18 heavy (non-hydrogen) atoms. The molecule has 0 aliphatic carbocycles. The van der Waals surface area contributed by atoms with Crippen LogP contribution in [0.25, 0.3) is 0 Å². The van der Waals surface area contributed by atoms with Crippen molar-refractivity contribution < 1.29 is 0 Å². The second-order valence-corrected chi connectivity index (χ2v) is 4.77. The molecule has 2 rings (SSSR count). The van der Waals surface area contributed by atoms with Crippen LogP contribution in [0.15, 0.2) is 36.5 Å². The molecule has 0 spiro atoms. The molecule has 3 N–H and O–H groups in total. The molecule has 0 bridgehead atoms. The zero-order valence-corrected chi connectivity index (χ0v) is 11.5. The lowest BCUT2D eigenvalue weighted by Crippen LogP contribution is -2.09. The van der Waals surface area contributed by atoms with Gasteiger partial charge >= 0.3 is 0 Å². The molecule has 0 atom stereocenters. The number of nitrogens with one attached hydrogen (secondary N) is 1. The van der Waals surface area contributed by atoms with Crippen LogP contribution < -0.4 is 11.1 Å². The van der Waals surface area contributed by atoms with E-state index in [1.54, 1.807) is 36.5 Å². The number of rotatable bonds is 3. The van der Waals surface area contributed by atoms with Crippen molar-refractivity contribution >= 4 is 51.9 Å². The summed E-state index contributed by atoms with van der Waals surface area (Å²) >= 11 is 16.9. The molecule has 92 valence electrons. The van der Waals surface area contributed by atoms with Gasteiger partial charge in [-0.3, -0.25) is 0 Å². The van der Waals surface area contributed by atoms with Crippen molar-refractivity contribution in [3.8, 4) is 0 Å². The van der Waals surface area contributed by atoms with Crippen molar-refractivity contribution in [3.63, 3.8) is 0 Å². The molecule has 0 aliphatic rings. The number of pyridine rings is 1. The van der Waals surface area contributed by atoms with E-state index in [1.165, 1.54) is 0 Å². The van der Waals surface area contributed by atoms with E-state index in [4.69, 9.17) is 41.2 Å². The largest absolute Gasteiger partial charge is 0.389 e. The zero-order valence-electron chi connectivity index (χ0n) is 9.15. The second kappa shape index (κ2) is 5.52. The molecule has 0 aliphatic heterocycles. The van der Waals surface area contributed by atoms with Crippen LogP contribution >= 0.6 is 35.4 Å². The van der Waals surface area contributed by atoms with Crippen LogP contribution in [0.1, 0.15) is 5.56 Å². The topological polar surface area (TPSA) is 50.9 Å². The summed E-state index contributed by atoms with van der Waals surface area (Å²) in [6.07, 6.45) is 1.59. The molecule has 2 aromatic rings. The van der Waals surface area contributed by atoms with Gasteiger partial charge in [-0.05, 0) is 24.3 Å². The lowest BCUT2D eigenvalue weighted by Gasteiger charge is -2.09. The number of para-hydroxylation sites is 1. The number of hydrogen-bond donors (Lipinski definition) is 2. The molecule has 0 saturated carbocycles. The minimum absolute atomic E-state index is 0.310. The van der Waals surface area contributed by atoms with Crippen molar-refractivity contribution in [2.75, 3.05) is 5.32 Å². The molecule has 3 nitrogen and oxygen atoms in total. The molecule has 0 saturated heterocycles. The molecule has 0 fully saturated rings. The number of hydrogen-bond acceptors (Lipinski definition) is 3. The standard InChI is InChI=1S/C12H9Cl2N3S/c13-8-2-1-3-9(14)11(8)17-10-5-4-7(6-16-10)12(15)18/h1-6H,(H2,15,18)(H,16,17). The highest BCUT2D eigenvalue weighted by molar-refractivity contribution is 7.80. The fourth-order valence-corrected chi connectivity index (χ4v) is 1.97. The Hall–Kier alpha value is -1.36. The van der Waals surface area contributed by atoms with Gasteiger partial charge in [0.25, 0.3) is 0 Å². The molecular formula is C12H9Cl2N3S. The third kappa shape index (κ3) is 2.90. The highest BCUT2D eigenvalue weighted by Gasteiger charge is 2.06. The van der Waals surface area contributed by atoms with Gasteiger partial charge in [0.1, 0.15) is 10.8 Å². The average Bonchev–Trinajstić information content (AvgIpc) is 2.34. The Morgan fingerprint density at radius 3 is 2.33 bits per heavy atom. The van der Waals surface area contributed by atoms with Gasteiger partial charge in [-0.15, -0.1) is 0 Å². The zero-order chi connectivity index (χ0) is 13.1. The molecule has 0 radical (unpaired) electrons. The fraction of sp³-hybridized carbons (Fsp3) is 0. The number of anilines is 2. The third-order valence-corrected chi connectivity index (χ3v) is 3.13. The summed E-state index contributed by atoms with van der Waals surface area (Å²) in [4.78, 5) is 4.49. The van der Waals surface area contributed by atoms with Gasteiger partial charge in [0.2, 0.25) is 0 Å². The number of thiocarbonyl (C=S) groups is 1. The Kier molecular flexibility index (Phi) is 4.01. The normalized spacial score (nSPS) is 10.1. The molecule has 1 heterocycles. The van der Waals surface area contributed by atoms with Crippen LogP contribution in [0.4, 0.5) is 11.5 Å². The van der Waals surface area contributed by atoms with Gasteiger partial charge in [0.05, 0.1) is 15.7 Å². The van der Waals surface area contributed by atoms with Crippen LogP contribution in [0.5, 0.6) is 0 Å². The van der Waals surface area contributed by atoms with E-state index in [2.05, 4.69) is 10.3 Å². The minimum Gasteiger partial charge on any atom is -0.389 e. The Labute approximate surface area is 120 Å². The SMILES string of the molecule is NC(=S)c1ccc(Nc2c(Cl)cccc2Cl)nc1. The van der Waals surface area contributed by atoms with Gasteiger partial charge in [0.15, 0.2) is 0 Å². The van der Waals surface area contributed by atoms with Crippen molar-refractivity contribution in [3.05, 3.63) is 52.1 Å². The summed E-state index contributed by atoms with van der Waals surface area (Å²) in [5, 5.41) is 4.11. The smallest absolute Gasteiger partial charge is 0.130 e. The van der Waals surface area contributed by atoms with Crippen LogP contribution in [-0.2, 0) is 0 Å². The highest BCUT2D eigenvalue weighted by Crippen LogP contribution is 2.31. The van der Waals surface area contributed by atoms with Gasteiger partial charge < -0.3 is 11.1 Å². The maximum atomic E-state index is 6.05. The van der Waals surface area contributed by atoms with Gasteiger partial charge in [-0.2, -0.15) is 0 Å². The first-order chi connectivity index (χ1) is 8.58. The lowest BCUT2D eigenvalue weighted by molar-refractivity contribution is 1.30. The first-order valence-electron chi connectivity index (χ1n) is 5.05. The Bertz CT molecular complexity index is 564.